The number of hydrogen-bond donors (Lipinski definition) is 2. The van der Waals surface area contributed by atoms with E-state index < -0.39 is 11.8 Å². The number of carbonyl (C=O) groups is 2. The molecular weight excluding hydrogens is 513 g/mol. The summed E-state index contributed by atoms with van der Waals surface area (Å²) in [7, 11) is 5.25. The molecule has 0 saturated carbocycles. The summed E-state index contributed by atoms with van der Waals surface area (Å²) in [6.07, 6.45) is 3.21. The molecule has 1 unspecified atom stereocenters. The molecule has 2 N–H and O–H groups in total. The zero-order valence-electron chi connectivity index (χ0n) is 23.3. The summed E-state index contributed by atoms with van der Waals surface area (Å²) in [5.74, 6) is 0.439. The smallest absolute Gasteiger partial charge is 0.325 e. The zero-order valence-corrected chi connectivity index (χ0v) is 23.3. The predicted octanol–water partition coefficient (Wildman–Crippen LogP) is 5.33. The molecule has 0 spiro atoms. The number of carbonyl (C=O) groups excluding carboxylic acids is 2. The van der Waals surface area contributed by atoms with Gasteiger partial charge in [-0.2, -0.15) is 5.10 Å². The van der Waals surface area contributed by atoms with E-state index in [1.807, 2.05) is 63.1 Å². The van der Waals surface area contributed by atoms with Crippen molar-refractivity contribution in [2.75, 3.05) is 31.8 Å². The van der Waals surface area contributed by atoms with Crippen molar-refractivity contribution >= 4 is 23.6 Å². The van der Waals surface area contributed by atoms with E-state index in [-0.39, 0.29) is 29.0 Å². The Morgan fingerprint density at radius 2 is 1.75 bits per heavy atom. The maximum atomic E-state index is 15.1. The van der Waals surface area contributed by atoms with Crippen LogP contribution in [0.5, 0.6) is 5.75 Å². The van der Waals surface area contributed by atoms with Crippen LogP contribution >= 0.6 is 0 Å². The van der Waals surface area contributed by atoms with Gasteiger partial charge >= 0.3 is 12.1 Å². The number of urea groups is 2. The first-order valence-corrected chi connectivity index (χ1v) is 12.8. The maximum absolute atomic E-state index is 15.1. The molecule has 0 bridgehead atoms. The highest BCUT2D eigenvalue weighted by Crippen LogP contribution is 2.34. The monoisotopic (exact) mass is 545 g/mol. The first-order chi connectivity index (χ1) is 18.9. The van der Waals surface area contributed by atoms with Gasteiger partial charge in [-0.05, 0) is 30.3 Å². The Hall–Kier alpha value is -4.80. The maximum Gasteiger partial charge on any atom is 0.325 e. The number of ether oxygens (including phenoxy) is 1. The Bertz CT molecular complexity index is 1520. The lowest BCUT2D eigenvalue weighted by Crippen LogP contribution is -2.41. The molecule has 3 heterocycles. The number of halogens is 1. The highest BCUT2D eigenvalue weighted by molar-refractivity contribution is 5.99. The molecule has 10 nitrogen and oxygen atoms in total. The molecule has 208 valence electrons. The molecule has 11 heteroatoms. The van der Waals surface area contributed by atoms with Crippen molar-refractivity contribution in [3.8, 4) is 11.4 Å². The van der Waals surface area contributed by atoms with Crippen molar-refractivity contribution in [2.24, 2.45) is 0 Å². The number of nitrogens with zero attached hydrogens (tertiary/aromatic N) is 5. The molecule has 2 aliphatic rings. The third-order valence-electron chi connectivity index (χ3n) is 6.80. The fourth-order valence-electron chi connectivity index (χ4n) is 4.66. The lowest BCUT2D eigenvalue weighted by Gasteiger charge is -2.31. The number of likely N-dealkylation sites (N-methyl/N-ethyl adjacent to an activating group) is 3. The van der Waals surface area contributed by atoms with Crippen LogP contribution in [0.1, 0.15) is 26.5 Å². The minimum absolute atomic E-state index is 0.0194. The second-order valence-electron chi connectivity index (χ2n) is 10.8. The quantitative estimate of drug-likeness (QED) is 0.452. The summed E-state index contributed by atoms with van der Waals surface area (Å²) in [6.45, 7) is 6.10. The van der Waals surface area contributed by atoms with Crippen LogP contribution in [0.25, 0.3) is 5.69 Å². The minimum atomic E-state index is -0.674. The van der Waals surface area contributed by atoms with Gasteiger partial charge in [-0.3, -0.25) is 10.2 Å². The molecule has 1 saturated heterocycles. The van der Waals surface area contributed by atoms with Crippen molar-refractivity contribution < 1.29 is 18.7 Å². The van der Waals surface area contributed by atoms with Gasteiger partial charge < -0.3 is 19.9 Å². The number of allylic oxidation sites excluding steroid dienone is 1. The number of fused-ring (bicyclic) bond motifs is 1. The Morgan fingerprint density at radius 1 is 1.02 bits per heavy atom. The minimum Gasteiger partial charge on any atom is -0.455 e. The first kappa shape index (κ1) is 26.8. The molecule has 2 aromatic carbocycles. The van der Waals surface area contributed by atoms with Crippen molar-refractivity contribution in [1.82, 2.24) is 24.5 Å². The molecular formula is C29H32FN7O3. The van der Waals surface area contributed by atoms with E-state index in [1.54, 1.807) is 48.1 Å². The second-order valence-corrected chi connectivity index (χ2v) is 10.8. The summed E-state index contributed by atoms with van der Waals surface area (Å²) < 4.78 is 22.7. The molecule has 1 fully saturated rings. The largest absolute Gasteiger partial charge is 0.455 e. The molecule has 1 atom stereocenters. The standard InChI is InChI=1S/C29H32FN7O3/c1-29(2,3)23-17-24(37(33-23)18-10-8-7-9-11-18)32-27(38)31-21-13-12-19(16-20(21)30)40-22-14-15-34(4)26-25(22)35(5)28(39)36(26)6/h7-17,26H,1-6H3,(H2,31,32,38). The molecule has 0 aliphatic carbocycles. The number of benzene rings is 2. The van der Waals surface area contributed by atoms with Crippen LogP contribution in [0, 0.1) is 5.82 Å². The van der Waals surface area contributed by atoms with Gasteiger partial charge in [0.05, 0.1) is 17.1 Å². The lowest BCUT2D eigenvalue weighted by atomic mass is 9.92. The second kappa shape index (κ2) is 10.1. The van der Waals surface area contributed by atoms with Crippen LogP contribution < -0.4 is 15.4 Å². The third kappa shape index (κ3) is 4.97. The number of hydrogen-bond acceptors (Lipinski definition) is 5. The van der Waals surface area contributed by atoms with E-state index in [1.165, 1.54) is 17.0 Å². The van der Waals surface area contributed by atoms with Crippen LogP contribution in [-0.4, -0.2) is 63.9 Å². The van der Waals surface area contributed by atoms with Crippen molar-refractivity contribution in [2.45, 2.75) is 32.4 Å². The van der Waals surface area contributed by atoms with Crippen LogP contribution in [0.15, 0.2) is 78.3 Å². The van der Waals surface area contributed by atoms with Gasteiger partial charge in [0.2, 0.25) is 0 Å². The Kier molecular flexibility index (Phi) is 6.74. The number of nitrogens with one attached hydrogen (secondary N) is 2. The Labute approximate surface area is 232 Å². The number of aromatic nitrogens is 2. The summed E-state index contributed by atoms with van der Waals surface area (Å²) in [5.41, 5.74) is 1.96. The first-order valence-electron chi connectivity index (χ1n) is 12.8. The van der Waals surface area contributed by atoms with E-state index in [2.05, 4.69) is 15.7 Å². The van der Waals surface area contributed by atoms with Crippen molar-refractivity contribution in [3.05, 3.63) is 89.8 Å². The number of rotatable bonds is 5. The van der Waals surface area contributed by atoms with Gasteiger partial charge in [-0.1, -0.05) is 39.0 Å². The third-order valence-corrected chi connectivity index (χ3v) is 6.80. The summed E-state index contributed by atoms with van der Waals surface area (Å²) in [4.78, 5) is 30.4. The van der Waals surface area contributed by atoms with Crippen LogP contribution in [0.3, 0.4) is 0 Å². The SMILES string of the molecule is CN1C(=O)N(C)C2C1=C(Oc1ccc(NC(=O)Nc3cc(C(C)(C)C)nn3-c3ccccc3)c(F)c1)C=CN2C. The average molecular weight is 546 g/mol. The number of anilines is 2. The molecule has 0 radical (unpaired) electrons. The lowest BCUT2D eigenvalue weighted by molar-refractivity contribution is 0.174. The van der Waals surface area contributed by atoms with Gasteiger partial charge in [0, 0.05) is 44.9 Å². The Balaban J connectivity index is 1.33. The summed E-state index contributed by atoms with van der Waals surface area (Å²) >= 11 is 0. The van der Waals surface area contributed by atoms with E-state index >= 15 is 4.39 Å². The van der Waals surface area contributed by atoms with Crippen LogP contribution in [0.2, 0.25) is 0 Å². The van der Waals surface area contributed by atoms with Crippen LogP contribution in [-0.2, 0) is 5.41 Å². The van der Waals surface area contributed by atoms with Crippen molar-refractivity contribution in [1.29, 1.82) is 0 Å². The van der Waals surface area contributed by atoms with Gasteiger partial charge in [-0.15, -0.1) is 0 Å². The van der Waals surface area contributed by atoms with Crippen LogP contribution in [0.4, 0.5) is 25.5 Å². The van der Waals surface area contributed by atoms with Gasteiger partial charge in [0.25, 0.3) is 0 Å². The van der Waals surface area contributed by atoms with E-state index in [0.29, 0.717) is 17.3 Å². The molecule has 3 aromatic rings. The highest BCUT2D eigenvalue weighted by atomic mass is 19.1. The van der Waals surface area contributed by atoms with Gasteiger partial charge in [0.15, 0.2) is 11.9 Å². The Morgan fingerprint density at radius 3 is 2.42 bits per heavy atom. The van der Waals surface area contributed by atoms with E-state index in [0.717, 1.165) is 11.4 Å². The number of para-hydroxylation sites is 1. The zero-order chi connectivity index (χ0) is 28.8. The topological polar surface area (TPSA) is 95.0 Å². The molecule has 40 heavy (non-hydrogen) atoms. The average Bonchev–Trinajstić information content (AvgIpc) is 3.43. The van der Waals surface area contributed by atoms with E-state index in [9.17, 15) is 9.59 Å². The molecule has 2 aliphatic heterocycles. The number of amides is 4. The predicted molar refractivity (Wildman–Crippen MR) is 151 cm³/mol. The normalized spacial score (nSPS) is 16.9. The van der Waals surface area contributed by atoms with Gasteiger partial charge in [0.1, 0.15) is 23.1 Å². The van der Waals surface area contributed by atoms with E-state index in [4.69, 9.17) is 4.74 Å². The summed E-state index contributed by atoms with van der Waals surface area (Å²) in [6, 6.07) is 14.6. The highest BCUT2D eigenvalue weighted by Gasteiger charge is 2.43. The summed E-state index contributed by atoms with van der Waals surface area (Å²) in [5, 5.41) is 10.0. The van der Waals surface area contributed by atoms with Crippen molar-refractivity contribution in [3.63, 3.8) is 0 Å². The molecule has 1 aromatic heterocycles. The van der Waals surface area contributed by atoms with Gasteiger partial charge in [-0.25, -0.2) is 18.7 Å². The molecule has 4 amide bonds. The fourth-order valence-corrected chi connectivity index (χ4v) is 4.66. The molecule has 5 rings (SSSR count). The fraction of sp³-hybridized carbons (Fsp3) is 0.276.